The lowest BCUT2D eigenvalue weighted by atomic mass is 9.87. The van der Waals surface area contributed by atoms with Crippen LogP contribution in [0.2, 0.25) is 0 Å². The molecule has 0 unspecified atom stereocenters. The van der Waals surface area contributed by atoms with Crippen molar-refractivity contribution in [1.29, 1.82) is 0 Å². The number of likely N-dealkylation sites (tertiary alicyclic amines) is 1. The summed E-state index contributed by atoms with van der Waals surface area (Å²) in [7, 11) is 0. The summed E-state index contributed by atoms with van der Waals surface area (Å²) in [5.74, 6) is -0.0843. The van der Waals surface area contributed by atoms with E-state index < -0.39 is 0 Å². The largest absolute Gasteiger partial charge is 0.466 e. The van der Waals surface area contributed by atoms with Crippen LogP contribution >= 0.6 is 0 Å². The predicted molar refractivity (Wildman–Crippen MR) is 111 cm³/mol. The van der Waals surface area contributed by atoms with Gasteiger partial charge < -0.3 is 14.5 Å². The molecule has 2 aliphatic rings. The molecule has 0 N–H and O–H groups in total. The van der Waals surface area contributed by atoms with E-state index in [9.17, 15) is 9.18 Å². The van der Waals surface area contributed by atoms with Crippen molar-refractivity contribution in [2.75, 3.05) is 37.7 Å². The molecule has 3 rings (SSSR count). The molecular formula is C23H35FN2O2. The highest BCUT2D eigenvalue weighted by atomic mass is 19.1. The highest BCUT2D eigenvalue weighted by Crippen LogP contribution is 2.31. The van der Waals surface area contributed by atoms with Crippen molar-refractivity contribution in [2.45, 2.75) is 64.8 Å². The fourth-order valence-electron chi connectivity index (χ4n) is 4.46. The summed E-state index contributed by atoms with van der Waals surface area (Å²) < 4.78 is 19.9. The van der Waals surface area contributed by atoms with Crippen molar-refractivity contribution in [3.63, 3.8) is 0 Å². The summed E-state index contributed by atoms with van der Waals surface area (Å²) in [6, 6.07) is 6.24. The van der Waals surface area contributed by atoms with Crippen LogP contribution in [0, 0.1) is 11.7 Å². The molecule has 2 heterocycles. The number of halogens is 1. The van der Waals surface area contributed by atoms with Crippen LogP contribution in [0.5, 0.6) is 0 Å². The molecule has 4 nitrogen and oxygen atoms in total. The lowest BCUT2D eigenvalue weighted by Gasteiger charge is -2.42. The van der Waals surface area contributed by atoms with Crippen molar-refractivity contribution >= 4 is 11.7 Å². The second-order valence-corrected chi connectivity index (χ2v) is 9.20. The molecule has 5 heteroatoms. The van der Waals surface area contributed by atoms with Gasteiger partial charge in [-0.1, -0.05) is 26.8 Å². The van der Waals surface area contributed by atoms with Crippen LogP contribution in [0.1, 0.15) is 58.9 Å². The first-order valence-corrected chi connectivity index (χ1v) is 10.7. The molecule has 0 aliphatic carbocycles. The second-order valence-electron chi connectivity index (χ2n) is 9.20. The van der Waals surface area contributed by atoms with E-state index >= 15 is 0 Å². The number of benzene rings is 1. The van der Waals surface area contributed by atoms with Crippen LogP contribution < -0.4 is 4.90 Å². The Kier molecular flexibility index (Phi) is 6.64. The lowest BCUT2D eigenvalue weighted by molar-refractivity contribution is -0.149. The van der Waals surface area contributed by atoms with Gasteiger partial charge in [-0.25, -0.2) is 4.39 Å². The summed E-state index contributed by atoms with van der Waals surface area (Å²) in [6.45, 7) is 12.3. The van der Waals surface area contributed by atoms with Gasteiger partial charge in [-0.05, 0) is 68.8 Å². The Bertz CT molecular complexity index is 670. The van der Waals surface area contributed by atoms with E-state index in [0.29, 0.717) is 12.6 Å². The highest BCUT2D eigenvalue weighted by Gasteiger charge is 2.31. The van der Waals surface area contributed by atoms with Crippen LogP contribution in [-0.2, 0) is 14.9 Å². The topological polar surface area (TPSA) is 32.8 Å². The standard InChI is InChI=1S/C23H35FN2O2/c1-5-28-22(27)17-8-12-25(13-9-17)19-10-14-26(15-11-19)21-7-6-18(16-20(21)24)23(2,3)4/h6-7,16-17,19H,5,8-15H2,1-4H3. The van der Waals surface area contributed by atoms with E-state index in [0.717, 1.165) is 63.1 Å². The first kappa shape index (κ1) is 21.1. The average molecular weight is 391 g/mol. The van der Waals surface area contributed by atoms with Crippen molar-refractivity contribution in [1.82, 2.24) is 4.90 Å². The second kappa shape index (κ2) is 8.81. The molecule has 0 aromatic heterocycles. The molecule has 0 saturated carbocycles. The fraction of sp³-hybridized carbons (Fsp3) is 0.696. The van der Waals surface area contributed by atoms with Crippen molar-refractivity contribution in [2.24, 2.45) is 5.92 Å². The number of carbonyl (C=O) groups is 1. The summed E-state index contributed by atoms with van der Waals surface area (Å²) in [5.41, 5.74) is 1.72. The molecule has 28 heavy (non-hydrogen) atoms. The van der Waals surface area contributed by atoms with Crippen LogP contribution in [0.25, 0.3) is 0 Å². The quantitative estimate of drug-likeness (QED) is 0.715. The van der Waals surface area contributed by atoms with Crippen LogP contribution in [0.4, 0.5) is 10.1 Å². The number of carbonyl (C=O) groups excluding carboxylic acids is 1. The molecule has 2 aliphatic heterocycles. The van der Waals surface area contributed by atoms with Gasteiger partial charge in [-0.2, -0.15) is 0 Å². The maximum Gasteiger partial charge on any atom is 0.309 e. The number of piperidine rings is 2. The third-order valence-corrected chi connectivity index (χ3v) is 6.28. The maximum absolute atomic E-state index is 14.7. The van der Waals surface area contributed by atoms with E-state index in [1.165, 1.54) is 0 Å². The van der Waals surface area contributed by atoms with Crippen LogP contribution in [0.15, 0.2) is 18.2 Å². The van der Waals surface area contributed by atoms with E-state index in [1.807, 2.05) is 13.0 Å². The van der Waals surface area contributed by atoms with Crippen molar-refractivity contribution in [3.8, 4) is 0 Å². The molecule has 156 valence electrons. The smallest absolute Gasteiger partial charge is 0.309 e. The molecule has 1 aromatic rings. The van der Waals surface area contributed by atoms with Gasteiger partial charge in [0.05, 0.1) is 18.2 Å². The highest BCUT2D eigenvalue weighted by molar-refractivity contribution is 5.72. The monoisotopic (exact) mass is 390 g/mol. The molecule has 0 spiro atoms. The minimum Gasteiger partial charge on any atom is -0.466 e. The van der Waals surface area contributed by atoms with E-state index in [-0.39, 0.29) is 23.1 Å². The molecule has 2 fully saturated rings. The van der Waals surface area contributed by atoms with Crippen molar-refractivity contribution < 1.29 is 13.9 Å². The van der Waals surface area contributed by atoms with Crippen LogP contribution in [-0.4, -0.2) is 49.7 Å². The zero-order valence-electron chi connectivity index (χ0n) is 17.8. The van der Waals surface area contributed by atoms with E-state index in [4.69, 9.17) is 4.74 Å². The molecule has 1 aromatic carbocycles. The maximum atomic E-state index is 14.7. The third kappa shape index (κ3) is 4.86. The van der Waals surface area contributed by atoms with E-state index in [2.05, 4.69) is 36.6 Å². The van der Waals surface area contributed by atoms with Gasteiger partial charge in [0, 0.05) is 19.1 Å². The Morgan fingerprint density at radius 3 is 2.29 bits per heavy atom. The van der Waals surface area contributed by atoms with Gasteiger partial charge in [0.1, 0.15) is 5.82 Å². The Morgan fingerprint density at radius 2 is 1.75 bits per heavy atom. The summed E-state index contributed by atoms with van der Waals surface area (Å²) in [5, 5.41) is 0. The Balaban J connectivity index is 1.52. The van der Waals surface area contributed by atoms with Gasteiger partial charge in [0.15, 0.2) is 0 Å². The van der Waals surface area contributed by atoms with Gasteiger partial charge in [-0.3, -0.25) is 4.79 Å². The first-order chi connectivity index (χ1) is 13.3. The summed E-state index contributed by atoms with van der Waals surface area (Å²) >= 11 is 0. The minimum absolute atomic E-state index is 0.0360. The Morgan fingerprint density at radius 1 is 1.11 bits per heavy atom. The van der Waals surface area contributed by atoms with Gasteiger partial charge >= 0.3 is 5.97 Å². The first-order valence-electron chi connectivity index (χ1n) is 10.7. The fourth-order valence-corrected chi connectivity index (χ4v) is 4.46. The Hall–Kier alpha value is -1.62. The molecule has 0 amide bonds. The zero-order chi connectivity index (χ0) is 20.3. The van der Waals surface area contributed by atoms with Gasteiger partial charge in [0.25, 0.3) is 0 Å². The number of anilines is 1. The summed E-state index contributed by atoms with van der Waals surface area (Å²) in [6.07, 6.45) is 3.87. The molecule has 0 bridgehead atoms. The average Bonchev–Trinajstić information content (AvgIpc) is 2.68. The molecule has 0 radical (unpaired) electrons. The lowest BCUT2D eigenvalue weighted by Crippen LogP contribution is -2.48. The SMILES string of the molecule is CCOC(=O)C1CCN(C2CCN(c3ccc(C(C)(C)C)cc3F)CC2)CC1. The molecule has 0 atom stereocenters. The predicted octanol–water partition coefficient (Wildman–Crippen LogP) is 4.37. The zero-order valence-corrected chi connectivity index (χ0v) is 17.8. The normalized spacial score (nSPS) is 20.4. The number of hydrogen-bond donors (Lipinski definition) is 0. The van der Waals surface area contributed by atoms with Gasteiger partial charge in [0.2, 0.25) is 0 Å². The van der Waals surface area contributed by atoms with Crippen molar-refractivity contribution in [3.05, 3.63) is 29.6 Å². The Labute approximate surface area is 169 Å². The number of ether oxygens (including phenoxy) is 1. The van der Waals surface area contributed by atoms with E-state index in [1.54, 1.807) is 6.07 Å². The third-order valence-electron chi connectivity index (χ3n) is 6.28. The van der Waals surface area contributed by atoms with Gasteiger partial charge in [-0.15, -0.1) is 0 Å². The number of hydrogen-bond acceptors (Lipinski definition) is 4. The number of rotatable bonds is 4. The van der Waals surface area contributed by atoms with Crippen LogP contribution in [0.3, 0.4) is 0 Å². The minimum atomic E-state index is -0.110. The summed E-state index contributed by atoms with van der Waals surface area (Å²) in [4.78, 5) is 16.6. The molecular weight excluding hydrogens is 355 g/mol. The molecule has 2 saturated heterocycles. The number of nitrogens with zero attached hydrogens (tertiary/aromatic N) is 2. The number of esters is 1.